The summed E-state index contributed by atoms with van der Waals surface area (Å²) in [4.78, 5) is 4.41. The lowest BCUT2D eigenvalue weighted by molar-refractivity contribution is 0.322. The van der Waals surface area contributed by atoms with Crippen LogP contribution in [0.25, 0.3) is 0 Å². The molecule has 1 heterocycles. The molecule has 0 aliphatic rings. The molecule has 0 radical (unpaired) electrons. The van der Waals surface area contributed by atoms with Gasteiger partial charge in [0.25, 0.3) is 0 Å². The van der Waals surface area contributed by atoms with Crippen LogP contribution in [0, 0.1) is 5.92 Å². The van der Waals surface area contributed by atoms with Crippen molar-refractivity contribution in [2.75, 3.05) is 6.54 Å². The number of benzene rings is 1. The van der Waals surface area contributed by atoms with E-state index >= 15 is 0 Å². The third kappa shape index (κ3) is 3.51. The lowest BCUT2D eigenvalue weighted by atomic mass is 9.96. The average molecular weight is 314 g/mol. The van der Waals surface area contributed by atoms with Gasteiger partial charge >= 0.3 is 0 Å². The van der Waals surface area contributed by atoms with Crippen molar-refractivity contribution in [3.63, 3.8) is 0 Å². The summed E-state index contributed by atoms with van der Waals surface area (Å²) in [6.07, 6.45) is 0.509. The molecule has 0 bridgehead atoms. The monoisotopic (exact) mass is 313 g/mol. The Labute approximate surface area is 128 Å². The third-order valence-corrected chi connectivity index (χ3v) is 3.81. The molecule has 0 spiro atoms. The second kappa shape index (κ2) is 6.57. The molecule has 4 nitrogen and oxygen atoms in total. The largest absolute Gasteiger partial charge is 0.339 e. The number of halogens is 2. The van der Waals surface area contributed by atoms with Crippen LogP contribution in [0.2, 0.25) is 10.0 Å². The molecule has 20 heavy (non-hydrogen) atoms. The van der Waals surface area contributed by atoms with Crippen molar-refractivity contribution in [1.82, 2.24) is 10.1 Å². The van der Waals surface area contributed by atoms with Crippen molar-refractivity contribution >= 4 is 23.2 Å². The van der Waals surface area contributed by atoms with E-state index in [0.717, 1.165) is 5.56 Å². The summed E-state index contributed by atoms with van der Waals surface area (Å²) in [6, 6.07) is 5.36. The van der Waals surface area contributed by atoms with Crippen LogP contribution >= 0.6 is 23.2 Å². The Bertz CT molecular complexity index is 584. The van der Waals surface area contributed by atoms with E-state index in [1.165, 1.54) is 0 Å². The SMILES string of the molecule is CC(C)C(CN)c1nc(Cc2ccc(Cl)cc2Cl)no1. The minimum atomic E-state index is 0.0805. The quantitative estimate of drug-likeness (QED) is 0.914. The highest BCUT2D eigenvalue weighted by molar-refractivity contribution is 6.35. The highest BCUT2D eigenvalue weighted by Gasteiger charge is 2.21. The second-order valence-corrected chi connectivity index (χ2v) is 5.89. The number of hydrogen-bond acceptors (Lipinski definition) is 4. The van der Waals surface area contributed by atoms with Crippen LogP contribution in [0.1, 0.15) is 37.0 Å². The summed E-state index contributed by atoms with van der Waals surface area (Å²) in [5, 5.41) is 5.20. The second-order valence-electron chi connectivity index (χ2n) is 5.05. The molecule has 1 unspecified atom stereocenters. The molecule has 0 saturated carbocycles. The lowest BCUT2D eigenvalue weighted by Crippen LogP contribution is -2.18. The van der Waals surface area contributed by atoms with Crippen LogP contribution in [0.15, 0.2) is 22.7 Å². The molecule has 108 valence electrons. The zero-order valence-corrected chi connectivity index (χ0v) is 12.9. The van der Waals surface area contributed by atoms with Gasteiger partial charge in [-0.1, -0.05) is 48.3 Å². The van der Waals surface area contributed by atoms with Crippen LogP contribution in [-0.4, -0.2) is 16.7 Å². The molecule has 1 aromatic carbocycles. The minimum Gasteiger partial charge on any atom is -0.339 e. The van der Waals surface area contributed by atoms with Crippen molar-refractivity contribution in [3.05, 3.63) is 45.5 Å². The van der Waals surface area contributed by atoms with E-state index in [1.807, 2.05) is 6.07 Å². The topological polar surface area (TPSA) is 64.9 Å². The van der Waals surface area contributed by atoms with Gasteiger partial charge in [0, 0.05) is 23.0 Å². The van der Waals surface area contributed by atoms with E-state index in [4.69, 9.17) is 33.5 Å². The van der Waals surface area contributed by atoms with Gasteiger partial charge in [0.15, 0.2) is 5.82 Å². The molecule has 2 N–H and O–H groups in total. The third-order valence-electron chi connectivity index (χ3n) is 3.22. The molecular formula is C14H17Cl2N3O. The zero-order valence-electron chi connectivity index (χ0n) is 11.4. The number of nitrogens with zero attached hydrogens (tertiary/aromatic N) is 2. The van der Waals surface area contributed by atoms with Gasteiger partial charge in [0.1, 0.15) is 0 Å². The van der Waals surface area contributed by atoms with Crippen LogP contribution in [0.5, 0.6) is 0 Å². The molecule has 0 aliphatic heterocycles. The maximum Gasteiger partial charge on any atom is 0.231 e. The Hall–Kier alpha value is -1.10. The highest BCUT2D eigenvalue weighted by Crippen LogP contribution is 2.25. The fourth-order valence-corrected chi connectivity index (χ4v) is 2.46. The van der Waals surface area contributed by atoms with E-state index in [1.54, 1.807) is 12.1 Å². The van der Waals surface area contributed by atoms with Crippen molar-refractivity contribution in [2.45, 2.75) is 26.2 Å². The summed E-state index contributed by atoms with van der Waals surface area (Å²) in [5.74, 6) is 1.62. The first-order valence-electron chi connectivity index (χ1n) is 6.47. The normalized spacial score (nSPS) is 12.9. The first-order chi connectivity index (χ1) is 9.51. The van der Waals surface area contributed by atoms with Gasteiger partial charge in [-0.25, -0.2) is 0 Å². The van der Waals surface area contributed by atoms with Crippen LogP contribution < -0.4 is 5.73 Å². The summed E-state index contributed by atoms with van der Waals surface area (Å²) < 4.78 is 5.30. The predicted molar refractivity (Wildman–Crippen MR) is 80.2 cm³/mol. The van der Waals surface area contributed by atoms with E-state index in [9.17, 15) is 0 Å². The number of rotatable bonds is 5. The smallest absolute Gasteiger partial charge is 0.231 e. The lowest BCUT2D eigenvalue weighted by Gasteiger charge is -2.13. The molecule has 1 atom stereocenters. The Morgan fingerprint density at radius 3 is 2.65 bits per heavy atom. The van der Waals surface area contributed by atoms with E-state index in [0.29, 0.717) is 40.6 Å². The number of nitrogens with two attached hydrogens (primary N) is 1. The van der Waals surface area contributed by atoms with Crippen LogP contribution in [0.3, 0.4) is 0 Å². The Morgan fingerprint density at radius 1 is 1.30 bits per heavy atom. The molecular weight excluding hydrogens is 297 g/mol. The fourth-order valence-electron chi connectivity index (χ4n) is 1.98. The van der Waals surface area contributed by atoms with Gasteiger partial charge in [0.2, 0.25) is 5.89 Å². The highest BCUT2D eigenvalue weighted by atomic mass is 35.5. The Balaban J connectivity index is 2.17. The van der Waals surface area contributed by atoms with Crippen LogP contribution in [0.4, 0.5) is 0 Å². The summed E-state index contributed by atoms with van der Waals surface area (Å²) in [5.41, 5.74) is 6.66. The first-order valence-corrected chi connectivity index (χ1v) is 7.23. The van der Waals surface area contributed by atoms with Gasteiger partial charge in [-0.3, -0.25) is 0 Å². The minimum absolute atomic E-state index is 0.0805. The molecule has 0 saturated heterocycles. The maximum atomic E-state index is 6.14. The molecule has 0 fully saturated rings. The molecule has 2 aromatic rings. The van der Waals surface area contributed by atoms with Crippen molar-refractivity contribution in [3.8, 4) is 0 Å². The molecule has 6 heteroatoms. The van der Waals surface area contributed by atoms with Gasteiger partial charge < -0.3 is 10.3 Å². The predicted octanol–water partition coefficient (Wildman–Crippen LogP) is 3.67. The molecule has 2 rings (SSSR count). The van der Waals surface area contributed by atoms with E-state index < -0.39 is 0 Å². The summed E-state index contributed by atoms with van der Waals surface area (Å²) >= 11 is 12.0. The van der Waals surface area contributed by atoms with Gasteiger partial charge in [0.05, 0.1) is 5.92 Å². The Morgan fingerprint density at radius 2 is 2.05 bits per heavy atom. The Kier molecular flexibility index (Phi) is 5.02. The van der Waals surface area contributed by atoms with Gasteiger partial charge in [-0.2, -0.15) is 4.98 Å². The van der Waals surface area contributed by atoms with Crippen molar-refractivity contribution in [2.24, 2.45) is 11.7 Å². The van der Waals surface area contributed by atoms with Gasteiger partial charge in [-0.15, -0.1) is 0 Å². The molecule has 1 aromatic heterocycles. The standard InChI is InChI=1S/C14H17Cl2N3O/c1-8(2)11(7-17)14-18-13(19-20-14)5-9-3-4-10(15)6-12(9)16/h3-4,6,8,11H,5,7,17H2,1-2H3. The van der Waals surface area contributed by atoms with Gasteiger partial charge in [-0.05, 0) is 23.6 Å². The summed E-state index contributed by atoms with van der Waals surface area (Å²) in [7, 11) is 0. The maximum absolute atomic E-state index is 6.14. The van der Waals surface area contributed by atoms with Crippen molar-refractivity contribution in [1.29, 1.82) is 0 Å². The zero-order chi connectivity index (χ0) is 14.7. The first kappa shape index (κ1) is 15.3. The fraction of sp³-hybridized carbons (Fsp3) is 0.429. The van der Waals surface area contributed by atoms with Crippen molar-refractivity contribution < 1.29 is 4.52 Å². The molecule has 0 amide bonds. The molecule has 0 aliphatic carbocycles. The van der Waals surface area contributed by atoms with Crippen LogP contribution in [-0.2, 0) is 6.42 Å². The van der Waals surface area contributed by atoms with E-state index in [-0.39, 0.29) is 5.92 Å². The summed E-state index contributed by atoms with van der Waals surface area (Å²) in [6.45, 7) is 4.65. The number of hydrogen-bond donors (Lipinski definition) is 1. The number of aromatic nitrogens is 2. The average Bonchev–Trinajstić information content (AvgIpc) is 2.81. The van der Waals surface area contributed by atoms with E-state index in [2.05, 4.69) is 24.0 Å².